The van der Waals surface area contributed by atoms with Crippen LogP contribution in [0.15, 0.2) is 54.7 Å². The van der Waals surface area contributed by atoms with Gasteiger partial charge in [0.25, 0.3) is 0 Å². The third kappa shape index (κ3) is 5.56. The van der Waals surface area contributed by atoms with Crippen molar-refractivity contribution >= 4 is 23.2 Å². The molecule has 1 aliphatic rings. The van der Waals surface area contributed by atoms with Crippen molar-refractivity contribution in [3.63, 3.8) is 0 Å². The van der Waals surface area contributed by atoms with Crippen LogP contribution in [0.2, 0.25) is 0 Å². The maximum absolute atomic E-state index is 13.4. The Morgan fingerprint density at radius 1 is 1.06 bits per heavy atom. The van der Waals surface area contributed by atoms with E-state index in [1.165, 1.54) is 0 Å². The average molecular weight is 466 g/mol. The van der Waals surface area contributed by atoms with E-state index in [4.69, 9.17) is 12.2 Å². The molecule has 0 saturated carbocycles. The highest BCUT2D eigenvalue weighted by Gasteiger charge is 2.38. The molecule has 0 aliphatic carbocycles. The van der Waals surface area contributed by atoms with E-state index >= 15 is 0 Å². The molecule has 0 radical (unpaired) electrons. The second-order valence-corrected chi connectivity index (χ2v) is 11.2. The summed E-state index contributed by atoms with van der Waals surface area (Å²) in [6.45, 7) is 17.0. The van der Waals surface area contributed by atoms with E-state index in [0.717, 1.165) is 22.3 Å². The maximum Gasteiger partial charge on any atom is 0.231 e. The second-order valence-electron chi connectivity index (χ2n) is 10.7. The minimum Gasteiger partial charge on any atom is -0.507 e. The number of rotatable bonds is 4. The maximum atomic E-state index is 13.4. The number of phenols is 1. The summed E-state index contributed by atoms with van der Waals surface area (Å²) in [5.74, 6) is -0.413. The van der Waals surface area contributed by atoms with Gasteiger partial charge in [-0.25, -0.2) is 0 Å². The van der Waals surface area contributed by atoms with Gasteiger partial charge in [-0.15, -0.1) is 0 Å². The van der Waals surface area contributed by atoms with Crippen molar-refractivity contribution in [1.29, 1.82) is 0 Å². The highest BCUT2D eigenvalue weighted by molar-refractivity contribution is 7.80. The minimum atomic E-state index is -0.578. The molecule has 1 saturated heterocycles. The van der Waals surface area contributed by atoms with Crippen LogP contribution < -0.4 is 16.0 Å². The molecular weight excluding hydrogens is 430 g/mol. The average Bonchev–Trinajstić information content (AvgIpc) is 2.70. The number of thiocarbonyl (C=S) groups is 1. The largest absolute Gasteiger partial charge is 0.507 e. The van der Waals surface area contributed by atoms with Crippen LogP contribution in [0.1, 0.15) is 69.8 Å². The van der Waals surface area contributed by atoms with Crippen LogP contribution >= 0.6 is 12.2 Å². The number of amides is 1. The number of carbonyl (C=O) groups excluding carboxylic acids is 1. The van der Waals surface area contributed by atoms with Crippen molar-refractivity contribution in [3.8, 4) is 5.75 Å². The van der Waals surface area contributed by atoms with Crippen LogP contribution in [-0.4, -0.2) is 16.1 Å². The summed E-state index contributed by atoms with van der Waals surface area (Å²) in [4.78, 5) is 13.4. The quantitative estimate of drug-likeness (QED) is 0.481. The molecule has 4 N–H and O–H groups in total. The zero-order valence-electron chi connectivity index (χ0n) is 20.4. The molecule has 2 aromatic rings. The van der Waals surface area contributed by atoms with Crippen LogP contribution in [0.3, 0.4) is 0 Å². The smallest absolute Gasteiger partial charge is 0.231 e. The molecule has 1 aliphatic heterocycles. The van der Waals surface area contributed by atoms with Crippen molar-refractivity contribution in [1.82, 2.24) is 16.0 Å². The fraction of sp³-hybridized carbons (Fsp3) is 0.407. The Morgan fingerprint density at radius 2 is 1.61 bits per heavy atom. The van der Waals surface area contributed by atoms with Gasteiger partial charge in [-0.3, -0.25) is 4.79 Å². The molecule has 0 bridgehead atoms. The molecule has 1 heterocycles. The molecular formula is C27H35N3O2S. The predicted molar refractivity (Wildman–Crippen MR) is 138 cm³/mol. The van der Waals surface area contributed by atoms with Gasteiger partial charge >= 0.3 is 0 Å². The van der Waals surface area contributed by atoms with Gasteiger partial charge < -0.3 is 21.1 Å². The van der Waals surface area contributed by atoms with Crippen molar-refractivity contribution in [2.24, 2.45) is 5.92 Å². The van der Waals surface area contributed by atoms with Gasteiger partial charge in [0, 0.05) is 12.2 Å². The molecule has 1 fully saturated rings. The third-order valence-corrected chi connectivity index (χ3v) is 6.19. The molecule has 2 atom stereocenters. The monoisotopic (exact) mass is 465 g/mol. The Kier molecular flexibility index (Phi) is 6.89. The summed E-state index contributed by atoms with van der Waals surface area (Å²) in [6.07, 6.45) is 0. The number of carbonyl (C=O) groups is 1. The minimum absolute atomic E-state index is 0.140. The van der Waals surface area contributed by atoms with E-state index in [9.17, 15) is 9.90 Å². The van der Waals surface area contributed by atoms with E-state index in [0.29, 0.717) is 23.1 Å². The molecule has 2 aromatic carbocycles. The lowest BCUT2D eigenvalue weighted by atomic mass is 9.76. The van der Waals surface area contributed by atoms with Gasteiger partial charge in [0.05, 0.1) is 6.04 Å². The van der Waals surface area contributed by atoms with Crippen LogP contribution in [0, 0.1) is 5.92 Å². The molecule has 3 rings (SSSR count). The first-order chi connectivity index (χ1) is 15.3. The Bertz CT molecular complexity index is 1030. The van der Waals surface area contributed by atoms with E-state index in [1.807, 2.05) is 42.5 Å². The summed E-state index contributed by atoms with van der Waals surface area (Å²) in [7, 11) is 0. The number of benzene rings is 2. The highest BCUT2D eigenvalue weighted by Crippen LogP contribution is 2.42. The molecule has 176 valence electrons. The van der Waals surface area contributed by atoms with Gasteiger partial charge in [0.2, 0.25) is 5.91 Å². The van der Waals surface area contributed by atoms with E-state index < -0.39 is 12.0 Å². The lowest BCUT2D eigenvalue weighted by molar-refractivity contribution is -0.125. The Morgan fingerprint density at radius 3 is 2.12 bits per heavy atom. The fourth-order valence-corrected chi connectivity index (χ4v) is 4.40. The number of nitrogens with one attached hydrogen (secondary N) is 3. The lowest BCUT2D eigenvalue weighted by Gasteiger charge is -2.37. The molecule has 0 spiro atoms. The second kappa shape index (κ2) is 9.18. The zero-order valence-corrected chi connectivity index (χ0v) is 21.2. The van der Waals surface area contributed by atoms with Gasteiger partial charge in [0.15, 0.2) is 5.11 Å². The van der Waals surface area contributed by atoms with E-state index in [2.05, 4.69) is 64.1 Å². The third-order valence-electron chi connectivity index (χ3n) is 5.97. The summed E-state index contributed by atoms with van der Waals surface area (Å²) in [5, 5.41) is 20.9. The Hall–Kier alpha value is -2.86. The van der Waals surface area contributed by atoms with Gasteiger partial charge in [-0.05, 0) is 57.4 Å². The first-order valence-electron chi connectivity index (χ1n) is 11.2. The standard InChI is InChI=1S/C27H35N3O2S/c1-16-21(24(32)28-15-17-11-9-8-10-12-17)22(30-25(33)29-16)18-13-19(26(2,3)4)23(31)20(14-18)27(5,6)7/h8-14,21-22,31H,1,15H2,2-7H3,(H,28,32)(H2,29,30,33)/t21-,22-/m0/s1. The van der Waals surface area contributed by atoms with Gasteiger partial charge in [-0.1, -0.05) is 78.5 Å². The molecule has 0 unspecified atom stereocenters. The van der Waals surface area contributed by atoms with Crippen molar-refractivity contribution < 1.29 is 9.90 Å². The molecule has 1 amide bonds. The van der Waals surface area contributed by atoms with E-state index in [1.54, 1.807) is 0 Å². The Balaban J connectivity index is 2.04. The fourth-order valence-electron chi connectivity index (χ4n) is 4.15. The topological polar surface area (TPSA) is 73.4 Å². The Labute approximate surface area is 202 Å². The normalized spacial score (nSPS) is 19.0. The molecule has 6 heteroatoms. The van der Waals surface area contributed by atoms with Crippen molar-refractivity contribution in [2.45, 2.75) is 65.0 Å². The van der Waals surface area contributed by atoms with Gasteiger partial charge in [-0.2, -0.15) is 0 Å². The number of aromatic hydroxyl groups is 1. The van der Waals surface area contributed by atoms with Gasteiger partial charge in [0.1, 0.15) is 11.7 Å². The van der Waals surface area contributed by atoms with Crippen LogP contribution in [0.25, 0.3) is 0 Å². The van der Waals surface area contributed by atoms with E-state index in [-0.39, 0.29) is 16.7 Å². The molecule has 0 aromatic heterocycles. The number of hydrogen-bond acceptors (Lipinski definition) is 3. The number of phenolic OH excluding ortho intramolecular Hbond substituents is 1. The van der Waals surface area contributed by atoms with Crippen molar-refractivity contribution in [3.05, 3.63) is 77.0 Å². The first kappa shape index (κ1) is 24.8. The highest BCUT2D eigenvalue weighted by atomic mass is 32.1. The summed E-state index contributed by atoms with van der Waals surface area (Å²) >= 11 is 5.41. The SMILES string of the molecule is C=C1NC(=S)N[C@@H](c2cc(C(C)(C)C)c(O)c(C(C)(C)C)c2)[C@H]1C(=O)NCc1ccccc1. The van der Waals surface area contributed by atoms with Crippen molar-refractivity contribution in [2.75, 3.05) is 0 Å². The summed E-state index contributed by atoms with van der Waals surface area (Å²) in [6, 6.07) is 13.4. The van der Waals surface area contributed by atoms with Crippen LogP contribution in [0.5, 0.6) is 5.75 Å². The zero-order chi connectivity index (χ0) is 24.6. The predicted octanol–water partition coefficient (Wildman–Crippen LogP) is 4.95. The summed E-state index contributed by atoms with van der Waals surface area (Å²) in [5.41, 5.74) is 3.58. The van der Waals surface area contributed by atoms with Crippen LogP contribution in [0.4, 0.5) is 0 Å². The lowest BCUT2D eigenvalue weighted by Crippen LogP contribution is -2.52. The number of hydrogen-bond donors (Lipinski definition) is 4. The summed E-state index contributed by atoms with van der Waals surface area (Å²) < 4.78 is 0. The molecule has 33 heavy (non-hydrogen) atoms. The van der Waals surface area contributed by atoms with Crippen LogP contribution in [-0.2, 0) is 22.2 Å². The first-order valence-corrected chi connectivity index (χ1v) is 11.7. The molecule has 5 nitrogen and oxygen atoms in total.